The maximum atomic E-state index is 11.8. The summed E-state index contributed by atoms with van der Waals surface area (Å²) in [5.74, 6) is 0.0469. The normalized spacial score (nSPS) is 10.2. The van der Waals surface area contributed by atoms with E-state index < -0.39 is 4.92 Å². The molecular formula is C9H12ClN3O3. The van der Waals surface area contributed by atoms with E-state index in [0.29, 0.717) is 12.4 Å². The summed E-state index contributed by atoms with van der Waals surface area (Å²) in [6.45, 7) is 0.402. The van der Waals surface area contributed by atoms with Crippen molar-refractivity contribution in [2.45, 2.75) is 0 Å². The van der Waals surface area contributed by atoms with Crippen molar-refractivity contribution in [3.05, 3.63) is 28.1 Å². The Morgan fingerprint density at radius 2 is 2.31 bits per heavy atom. The van der Waals surface area contributed by atoms with Crippen LogP contribution in [0.15, 0.2) is 12.3 Å². The van der Waals surface area contributed by atoms with Crippen molar-refractivity contribution in [3.63, 3.8) is 0 Å². The van der Waals surface area contributed by atoms with Crippen LogP contribution in [-0.4, -0.2) is 39.8 Å². The molecule has 1 aromatic heterocycles. The number of carbonyl (C=O) groups is 1. The first-order valence-electron chi connectivity index (χ1n) is 4.59. The number of hydrogen-bond donors (Lipinski definition) is 0. The fourth-order valence-corrected chi connectivity index (χ4v) is 1.54. The van der Waals surface area contributed by atoms with Gasteiger partial charge in [0.1, 0.15) is 5.69 Å². The number of nitrogens with zero attached hydrogens (tertiary/aromatic N) is 3. The van der Waals surface area contributed by atoms with E-state index in [-0.39, 0.29) is 17.3 Å². The van der Waals surface area contributed by atoms with E-state index in [1.807, 2.05) is 0 Å². The minimum Gasteiger partial charge on any atom is -0.340 e. The molecule has 0 saturated carbocycles. The highest BCUT2D eigenvalue weighted by Gasteiger charge is 2.19. The van der Waals surface area contributed by atoms with Gasteiger partial charge in [0, 0.05) is 32.6 Å². The minimum atomic E-state index is -0.529. The molecule has 0 atom stereocenters. The average Bonchev–Trinajstić information content (AvgIpc) is 2.60. The third-order valence-electron chi connectivity index (χ3n) is 2.19. The first-order chi connectivity index (χ1) is 7.47. The van der Waals surface area contributed by atoms with Crippen LogP contribution in [0.5, 0.6) is 0 Å². The summed E-state index contributed by atoms with van der Waals surface area (Å²) in [6.07, 6.45) is 1.31. The molecule has 6 nitrogen and oxygen atoms in total. The van der Waals surface area contributed by atoms with Gasteiger partial charge in [-0.15, -0.1) is 11.6 Å². The Balaban J connectivity index is 2.95. The van der Waals surface area contributed by atoms with Gasteiger partial charge in [0.15, 0.2) is 0 Å². The number of alkyl halides is 1. The van der Waals surface area contributed by atoms with Crippen LogP contribution in [0.2, 0.25) is 0 Å². The Kier molecular flexibility index (Phi) is 3.89. The predicted octanol–water partition coefficient (Wildman–Crippen LogP) is 1.24. The molecule has 16 heavy (non-hydrogen) atoms. The summed E-state index contributed by atoms with van der Waals surface area (Å²) in [7, 11) is 3.19. The first-order valence-corrected chi connectivity index (χ1v) is 5.13. The van der Waals surface area contributed by atoms with Gasteiger partial charge in [-0.3, -0.25) is 14.9 Å². The lowest BCUT2D eigenvalue weighted by Gasteiger charge is -2.15. The van der Waals surface area contributed by atoms with Gasteiger partial charge < -0.3 is 9.47 Å². The predicted molar refractivity (Wildman–Crippen MR) is 59.7 cm³/mol. The summed E-state index contributed by atoms with van der Waals surface area (Å²) in [4.78, 5) is 23.2. The molecule has 0 aliphatic rings. The van der Waals surface area contributed by atoms with Crippen LogP contribution >= 0.6 is 11.6 Å². The van der Waals surface area contributed by atoms with E-state index in [1.54, 1.807) is 14.1 Å². The highest BCUT2D eigenvalue weighted by atomic mass is 35.5. The van der Waals surface area contributed by atoms with E-state index in [4.69, 9.17) is 11.6 Å². The van der Waals surface area contributed by atoms with Crippen LogP contribution in [0.4, 0.5) is 5.69 Å². The summed E-state index contributed by atoms with van der Waals surface area (Å²) < 4.78 is 1.44. The SMILES string of the molecule is CN(CCCl)C(=O)c1cc([N+](=O)[O-])cn1C. The zero-order valence-electron chi connectivity index (χ0n) is 9.01. The molecule has 0 aliphatic heterocycles. The van der Waals surface area contributed by atoms with Crippen molar-refractivity contribution in [3.8, 4) is 0 Å². The largest absolute Gasteiger partial charge is 0.340 e. The lowest BCUT2D eigenvalue weighted by Crippen LogP contribution is -2.29. The second kappa shape index (κ2) is 4.98. The molecule has 1 aromatic rings. The third kappa shape index (κ3) is 2.52. The Morgan fingerprint density at radius 3 is 2.75 bits per heavy atom. The number of nitro groups is 1. The van der Waals surface area contributed by atoms with Gasteiger partial charge >= 0.3 is 0 Å². The lowest BCUT2D eigenvalue weighted by molar-refractivity contribution is -0.384. The molecule has 1 amide bonds. The van der Waals surface area contributed by atoms with Crippen molar-refractivity contribution < 1.29 is 9.72 Å². The van der Waals surface area contributed by atoms with Gasteiger partial charge in [-0.05, 0) is 0 Å². The summed E-state index contributed by atoms with van der Waals surface area (Å²) in [6, 6.07) is 1.26. The molecule has 0 unspecified atom stereocenters. The molecule has 0 aliphatic carbocycles. The van der Waals surface area contributed by atoms with Crippen LogP contribution in [0, 0.1) is 10.1 Å². The van der Waals surface area contributed by atoms with Gasteiger partial charge in [-0.2, -0.15) is 0 Å². The molecule has 0 radical (unpaired) electrons. The van der Waals surface area contributed by atoms with Gasteiger partial charge in [0.05, 0.1) is 11.1 Å². The van der Waals surface area contributed by atoms with E-state index in [0.717, 1.165) is 0 Å². The smallest absolute Gasteiger partial charge is 0.287 e. The Bertz CT molecular complexity index is 416. The third-order valence-corrected chi connectivity index (χ3v) is 2.36. The van der Waals surface area contributed by atoms with Crippen LogP contribution < -0.4 is 0 Å². The van der Waals surface area contributed by atoms with Crippen molar-refractivity contribution >= 4 is 23.2 Å². The van der Waals surface area contributed by atoms with Crippen LogP contribution in [-0.2, 0) is 7.05 Å². The van der Waals surface area contributed by atoms with Crippen molar-refractivity contribution in [2.75, 3.05) is 19.5 Å². The monoisotopic (exact) mass is 245 g/mol. The lowest BCUT2D eigenvalue weighted by atomic mass is 10.3. The number of hydrogen-bond acceptors (Lipinski definition) is 3. The number of aromatic nitrogens is 1. The molecule has 7 heteroatoms. The van der Waals surface area contributed by atoms with Crippen molar-refractivity contribution in [1.29, 1.82) is 0 Å². The number of halogens is 1. The van der Waals surface area contributed by atoms with Gasteiger partial charge in [-0.25, -0.2) is 0 Å². The van der Waals surface area contributed by atoms with Crippen molar-refractivity contribution in [1.82, 2.24) is 9.47 Å². The van der Waals surface area contributed by atoms with Crippen LogP contribution in [0.25, 0.3) is 0 Å². The van der Waals surface area contributed by atoms with Gasteiger partial charge in [0.2, 0.25) is 0 Å². The fourth-order valence-electron chi connectivity index (χ4n) is 1.28. The minimum absolute atomic E-state index is 0.0925. The van der Waals surface area contributed by atoms with Crippen LogP contribution in [0.1, 0.15) is 10.5 Å². The molecule has 1 heterocycles. The molecule has 88 valence electrons. The average molecular weight is 246 g/mol. The number of rotatable bonds is 4. The number of carbonyl (C=O) groups excluding carboxylic acids is 1. The molecule has 1 rings (SSSR count). The second-order valence-electron chi connectivity index (χ2n) is 3.37. The van der Waals surface area contributed by atoms with E-state index >= 15 is 0 Å². The zero-order valence-corrected chi connectivity index (χ0v) is 9.77. The Morgan fingerprint density at radius 1 is 1.69 bits per heavy atom. The number of amides is 1. The summed E-state index contributed by atoms with van der Waals surface area (Å²) >= 11 is 5.51. The van der Waals surface area contributed by atoms with Gasteiger partial charge in [-0.1, -0.05) is 0 Å². The highest BCUT2D eigenvalue weighted by molar-refractivity contribution is 6.18. The quantitative estimate of drug-likeness (QED) is 0.455. The molecule has 0 saturated heterocycles. The Hall–Kier alpha value is -1.56. The first kappa shape index (κ1) is 12.5. The van der Waals surface area contributed by atoms with E-state index in [1.165, 1.54) is 21.7 Å². The molecule has 0 bridgehead atoms. The second-order valence-corrected chi connectivity index (χ2v) is 3.75. The highest BCUT2D eigenvalue weighted by Crippen LogP contribution is 2.16. The molecule has 0 fully saturated rings. The standard InChI is InChI=1S/C9H12ClN3O3/c1-11(4-3-10)9(14)8-5-7(13(15)16)6-12(8)2/h5-6H,3-4H2,1-2H3. The maximum absolute atomic E-state index is 11.8. The summed E-state index contributed by atoms with van der Waals surface area (Å²) in [5, 5.41) is 10.5. The topological polar surface area (TPSA) is 68.4 Å². The molecule has 0 N–H and O–H groups in total. The summed E-state index contributed by atoms with van der Waals surface area (Å²) in [5.41, 5.74) is 0.185. The van der Waals surface area contributed by atoms with E-state index in [2.05, 4.69) is 0 Å². The molecular weight excluding hydrogens is 234 g/mol. The maximum Gasteiger partial charge on any atom is 0.287 e. The van der Waals surface area contributed by atoms with Crippen LogP contribution in [0.3, 0.4) is 0 Å². The molecule has 0 spiro atoms. The number of aryl methyl sites for hydroxylation is 1. The zero-order chi connectivity index (χ0) is 12.3. The Labute approximate surface area is 97.6 Å². The molecule has 0 aromatic carbocycles. The fraction of sp³-hybridized carbons (Fsp3) is 0.444. The van der Waals surface area contributed by atoms with Crippen molar-refractivity contribution in [2.24, 2.45) is 7.05 Å². The van der Waals surface area contributed by atoms with Gasteiger partial charge in [0.25, 0.3) is 11.6 Å². The van der Waals surface area contributed by atoms with E-state index in [9.17, 15) is 14.9 Å².